The topological polar surface area (TPSA) is 113 Å². The second-order valence-corrected chi connectivity index (χ2v) is 5.62. The number of nitrogens with zero attached hydrogens (tertiary/aromatic N) is 1. The number of hydrogen-bond donors (Lipinski definition) is 1. The second-order valence-electron chi connectivity index (χ2n) is 4.09. The molecule has 0 aliphatic rings. The Bertz CT molecular complexity index is 583. The largest absolute Gasteiger partial charge is 0.487 e. The molecule has 2 N–H and O–H groups in total. The van der Waals surface area contributed by atoms with Gasteiger partial charge in [-0.2, -0.15) is 0 Å². The molecule has 0 spiro atoms. The van der Waals surface area contributed by atoms with E-state index < -0.39 is 20.6 Å². The van der Waals surface area contributed by atoms with Crippen LogP contribution in [0.4, 0.5) is 5.69 Å². The quantitative estimate of drug-likeness (QED) is 0.486. The number of benzene rings is 1. The number of aryl methyl sites for hydroxylation is 1. The van der Waals surface area contributed by atoms with Crippen LogP contribution in [0, 0.1) is 17.0 Å². The minimum atomic E-state index is -3.99. The maximum Gasteiger partial charge on any atom is 0.312 e. The molecule has 0 radical (unpaired) electrons. The monoisotopic (exact) mass is 288 g/mol. The maximum atomic E-state index is 11.3. The lowest BCUT2D eigenvalue weighted by Crippen LogP contribution is -2.14. The molecule has 0 fully saturated rings. The minimum Gasteiger partial charge on any atom is -0.487 e. The molecule has 0 heterocycles. The molecule has 0 unspecified atom stereocenters. The fourth-order valence-corrected chi connectivity index (χ4v) is 2.33. The van der Waals surface area contributed by atoms with Crippen LogP contribution in [0.15, 0.2) is 17.0 Å². The van der Waals surface area contributed by atoms with E-state index in [9.17, 15) is 18.5 Å². The molecule has 0 amide bonds. The average molecular weight is 288 g/mol. The molecule has 0 bridgehead atoms. The van der Waals surface area contributed by atoms with Gasteiger partial charge in [0.1, 0.15) is 0 Å². The maximum absolute atomic E-state index is 11.3. The molecule has 0 saturated heterocycles. The van der Waals surface area contributed by atoms with E-state index in [0.29, 0.717) is 12.2 Å². The Kier molecular flexibility index (Phi) is 4.84. The van der Waals surface area contributed by atoms with Crippen LogP contribution in [0.2, 0.25) is 0 Å². The van der Waals surface area contributed by atoms with Crippen molar-refractivity contribution in [2.24, 2.45) is 5.14 Å². The van der Waals surface area contributed by atoms with Gasteiger partial charge in [0.15, 0.2) is 5.75 Å². The fraction of sp³-hybridized carbons (Fsp3) is 0.455. The number of ether oxygens (including phenoxy) is 1. The third-order valence-electron chi connectivity index (χ3n) is 2.52. The van der Waals surface area contributed by atoms with Crippen molar-refractivity contribution in [3.05, 3.63) is 27.8 Å². The van der Waals surface area contributed by atoms with Crippen LogP contribution in [0.3, 0.4) is 0 Å². The Morgan fingerprint density at radius 3 is 2.53 bits per heavy atom. The first-order chi connectivity index (χ1) is 8.77. The molecule has 0 aromatic heterocycles. The van der Waals surface area contributed by atoms with E-state index in [1.165, 1.54) is 13.0 Å². The van der Waals surface area contributed by atoms with Crippen LogP contribution in [0.5, 0.6) is 5.75 Å². The first kappa shape index (κ1) is 15.4. The minimum absolute atomic E-state index is 0.0587. The molecule has 7 nitrogen and oxygen atoms in total. The SMILES string of the molecule is CCCCOc1cc(C)c(S(N)(=O)=O)cc1[N+](=O)[O-]. The first-order valence-corrected chi connectivity index (χ1v) is 7.26. The number of nitro groups is 1. The number of sulfonamides is 1. The molecule has 0 atom stereocenters. The van der Waals surface area contributed by atoms with Gasteiger partial charge in [0, 0.05) is 6.07 Å². The van der Waals surface area contributed by atoms with Crippen molar-refractivity contribution in [1.29, 1.82) is 0 Å². The summed E-state index contributed by atoms with van der Waals surface area (Å²) in [7, 11) is -3.99. The zero-order valence-corrected chi connectivity index (χ0v) is 11.6. The Morgan fingerprint density at radius 1 is 1.42 bits per heavy atom. The zero-order valence-electron chi connectivity index (χ0n) is 10.8. The Balaban J connectivity index is 3.26. The Hall–Kier alpha value is -1.67. The summed E-state index contributed by atoms with van der Waals surface area (Å²) in [5, 5.41) is 15.9. The van der Waals surface area contributed by atoms with Crippen LogP contribution >= 0.6 is 0 Å². The first-order valence-electron chi connectivity index (χ1n) is 5.72. The lowest BCUT2D eigenvalue weighted by atomic mass is 10.2. The lowest BCUT2D eigenvalue weighted by Gasteiger charge is -2.09. The predicted octanol–water partition coefficient (Wildman–Crippen LogP) is 1.73. The highest BCUT2D eigenvalue weighted by Crippen LogP contribution is 2.32. The highest BCUT2D eigenvalue weighted by molar-refractivity contribution is 7.89. The van der Waals surface area contributed by atoms with Crippen molar-refractivity contribution >= 4 is 15.7 Å². The van der Waals surface area contributed by atoms with E-state index in [2.05, 4.69) is 0 Å². The number of primary sulfonamides is 1. The third-order valence-corrected chi connectivity index (χ3v) is 3.57. The van der Waals surface area contributed by atoms with Gasteiger partial charge in [-0.25, -0.2) is 13.6 Å². The summed E-state index contributed by atoms with van der Waals surface area (Å²) in [6, 6.07) is 2.26. The van der Waals surface area contributed by atoms with Gasteiger partial charge in [0.05, 0.1) is 16.4 Å². The van der Waals surface area contributed by atoms with Gasteiger partial charge in [-0.05, 0) is 25.0 Å². The molecule has 1 aromatic rings. The molecule has 1 aromatic carbocycles. The van der Waals surface area contributed by atoms with Crippen LogP contribution in [0.1, 0.15) is 25.3 Å². The Morgan fingerprint density at radius 2 is 2.05 bits per heavy atom. The van der Waals surface area contributed by atoms with Gasteiger partial charge in [0.25, 0.3) is 0 Å². The van der Waals surface area contributed by atoms with E-state index in [0.717, 1.165) is 18.9 Å². The highest BCUT2D eigenvalue weighted by atomic mass is 32.2. The van der Waals surface area contributed by atoms with E-state index in [1.54, 1.807) is 0 Å². The van der Waals surface area contributed by atoms with Crippen molar-refractivity contribution in [1.82, 2.24) is 0 Å². The number of nitro benzene ring substituents is 1. The van der Waals surface area contributed by atoms with Gasteiger partial charge < -0.3 is 4.74 Å². The van der Waals surface area contributed by atoms with Gasteiger partial charge in [-0.15, -0.1) is 0 Å². The number of unbranched alkanes of at least 4 members (excludes halogenated alkanes) is 1. The molecule has 8 heteroatoms. The summed E-state index contributed by atoms with van der Waals surface area (Å²) in [5.41, 5.74) is -0.0784. The molecular formula is C11H16N2O5S. The van der Waals surface area contributed by atoms with Gasteiger partial charge in [0.2, 0.25) is 10.0 Å². The number of rotatable bonds is 6. The molecule has 0 aliphatic carbocycles. The van der Waals surface area contributed by atoms with Crippen molar-refractivity contribution in [3.8, 4) is 5.75 Å². The van der Waals surface area contributed by atoms with Crippen LogP contribution in [-0.4, -0.2) is 19.9 Å². The van der Waals surface area contributed by atoms with Crippen LogP contribution in [0.25, 0.3) is 0 Å². The third kappa shape index (κ3) is 3.90. The second kappa shape index (κ2) is 5.98. The fourth-order valence-electron chi connectivity index (χ4n) is 1.54. The smallest absolute Gasteiger partial charge is 0.312 e. The lowest BCUT2D eigenvalue weighted by molar-refractivity contribution is -0.386. The molecule has 106 valence electrons. The predicted molar refractivity (Wildman–Crippen MR) is 69.6 cm³/mol. The van der Waals surface area contributed by atoms with Gasteiger partial charge >= 0.3 is 5.69 Å². The van der Waals surface area contributed by atoms with E-state index in [-0.39, 0.29) is 10.6 Å². The normalized spacial score (nSPS) is 11.3. The van der Waals surface area contributed by atoms with E-state index >= 15 is 0 Å². The molecule has 1 rings (SSSR count). The van der Waals surface area contributed by atoms with E-state index in [4.69, 9.17) is 9.88 Å². The van der Waals surface area contributed by atoms with Gasteiger partial charge in [-0.3, -0.25) is 10.1 Å². The van der Waals surface area contributed by atoms with Crippen molar-refractivity contribution < 1.29 is 18.1 Å². The molecular weight excluding hydrogens is 272 g/mol. The Labute approximate surface area is 111 Å². The number of hydrogen-bond acceptors (Lipinski definition) is 5. The molecule has 0 aliphatic heterocycles. The average Bonchev–Trinajstić information content (AvgIpc) is 2.27. The summed E-state index contributed by atoms with van der Waals surface area (Å²) in [4.78, 5) is 9.99. The standard InChI is InChI=1S/C11H16N2O5S/c1-3-4-5-18-10-6-8(2)11(19(12,16)17)7-9(10)13(14)15/h6-7H,3-5H2,1-2H3,(H2,12,16,17). The van der Waals surface area contributed by atoms with Crippen molar-refractivity contribution in [2.45, 2.75) is 31.6 Å². The van der Waals surface area contributed by atoms with E-state index in [1.807, 2.05) is 6.92 Å². The van der Waals surface area contributed by atoms with Crippen LogP contribution < -0.4 is 9.88 Å². The summed E-state index contributed by atoms with van der Waals surface area (Å²) >= 11 is 0. The molecule has 19 heavy (non-hydrogen) atoms. The van der Waals surface area contributed by atoms with Gasteiger partial charge in [-0.1, -0.05) is 13.3 Å². The van der Waals surface area contributed by atoms with Crippen molar-refractivity contribution in [3.63, 3.8) is 0 Å². The summed E-state index contributed by atoms with van der Waals surface area (Å²) in [6.07, 6.45) is 1.65. The summed E-state index contributed by atoms with van der Waals surface area (Å²) in [5.74, 6) is 0.0587. The molecule has 0 saturated carbocycles. The highest BCUT2D eigenvalue weighted by Gasteiger charge is 2.22. The number of nitrogens with two attached hydrogens (primary N) is 1. The van der Waals surface area contributed by atoms with Crippen molar-refractivity contribution in [2.75, 3.05) is 6.61 Å². The summed E-state index contributed by atoms with van der Waals surface area (Å²) < 4.78 is 27.9. The zero-order chi connectivity index (χ0) is 14.6. The van der Waals surface area contributed by atoms with Crippen LogP contribution in [-0.2, 0) is 10.0 Å². The summed E-state index contributed by atoms with van der Waals surface area (Å²) in [6.45, 7) is 3.81.